The molecule has 0 heterocycles. The molecule has 0 spiro atoms. The van der Waals surface area contributed by atoms with E-state index in [4.69, 9.17) is 5.73 Å². The van der Waals surface area contributed by atoms with Crippen LogP contribution in [0.5, 0.6) is 0 Å². The van der Waals surface area contributed by atoms with Gasteiger partial charge in [-0.05, 0) is 17.7 Å². The highest BCUT2D eigenvalue weighted by Crippen LogP contribution is 2.17. The van der Waals surface area contributed by atoms with Gasteiger partial charge >= 0.3 is 0 Å². The molecule has 0 saturated carbocycles. The van der Waals surface area contributed by atoms with Crippen LogP contribution in [0, 0.1) is 10.1 Å². The van der Waals surface area contributed by atoms with E-state index in [1.54, 1.807) is 42.5 Å². The van der Waals surface area contributed by atoms with Crippen molar-refractivity contribution >= 4 is 11.6 Å². The lowest BCUT2D eigenvalue weighted by Gasteiger charge is -2.06. The van der Waals surface area contributed by atoms with Gasteiger partial charge in [0, 0.05) is 30.3 Å². The molecule has 6 nitrogen and oxygen atoms in total. The summed E-state index contributed by atoms with van der Waals surface area (Å²) in [4.78, 5) is 21.5. The fourth-order valence-electron chi connectivity index (χ4n) is 1.97. The standard InChI is InChI=1S/C15H15N3O3/c16-15(19)12-7-5-11(6-8-12)9-17-10-13-3-1-2-4-14(13)18(20)21/h1-8,17H,9-10H2,(H2,16,19). The molecule has 0 aliphatic carbocycles. The minimum atomic E-state index is -0.464. The van der Waals surface area contributed by atoms with Crippen LogP contribution in [0.15, 0.2) is 48.5 Å². The number of nitrogens with two attached hydrogens (primary N) is 1. The van der Waals surface area contributed by atoms with Crippen LogP contribution in [0.1, 0.15) is 21.5 Å². The second-order valence-corrected chi connectivity index (χ2v) is 4.55. The molecule has 0 aliphatic heterocycles. The summed E-state index contributed by atoms with van der Waals surface area (Å²) < 4.78 is 0. The molecule has 0 radical (unpaired) electrons. The van der Waals surface area contributed by atoms with Gasteiger partial charge in [0.1, 0.15) is 0 Å². The smallest absolute Gasteiger partial charge is 0.273 e. The molecule has 108 valence electrons. The Labute approximate surface area is 121 Å². The van der Waals surface area contributed by atoms with Gasteiger partial charge < -0.3 is 11.1 Å². The molecule has 0 aromatic heterocycles. The molecule has 0 fully saturated rings. The van der Waals surface area contributed by atoms with E-state index in [9.17, 15) is 14.9 Å². The number of nitrogens with one attached hydrogen (secondary N) is 1. The van der Waals surface area contributed by atoms with Gasteiger partial charge in [0.2, 0.25) is 5.91 Å². The quantitative estimate of drug-likeness (QED) is 0.626. The third kappa shape index (κ3) is 3.87. The van der Waals surface area contributed by atoms with Crippen molar-refractivity contribution in [3.63, 3.8) is 0 Å². The summed E-state index contributed by atoms with van der Waals surface area (Å²) in [5, 5.41) is 14.0. The number of nitrogens with zero attached hydrogens (tertiary/aromatic N) is 1. The largest absolute Gasteiger partial charge is 0.366 e. The molecule has 0 bridgehead atoms. The lowest BCUT2D eigenvalue weighted by molar-refractivity contribution is -0.385. The second-order valence-electron chi connectivity index (χ2n) is 4.55. The molecule has 2 aromatic carbocycles. The Hall–Kier alpha value is -2.73. The van der Waals surface area contributed by atoms with Crippen molar-refractivity contribution in [1.82, 2.24) is 5.32 Å². The number of primary amides is 1. The Balaban J connectivity index is 1.95. The lowest BCUT2D eigenvalue weighted by Crippen LogP contribution is -2.14. The van der Waals surface area contributed by atoms with Crippen LogP contribution in [0.25, 0.3) is 0 Å². The molecule has 0 saturated heterocycles. The van der Waals surface area contributed by atoms with Crippen LogP contribution < -0.4 is 11.1 Å². The topological polar surface area (TPSA) is 98.3 Å². The van der Waals surface area contributed by atoms with E-state index < -0.39 is 10.8 Å². The average molecular weight is 285 g/mol. The molecule has 2 rings (SSSR count). The molecule has 1 amide bonds. The number of carbonyl (C=O) groups is 1. The zero-order chi connectivity index (χ0) is 15.2. The molecule has 0 atom stereocenters. The van der Waals surface area contributed by atoms with Crippen molar-refractivity contribution in [1.29, 1.82) is 0 Å². The van der Waals surface area contributed by atoms with Crippen LogP contribution in [-0.2, 0) is 13.1 Å². The Bertz CT molecular complexity index is 653. The summed E-state index contributed by atoms with van der Waals surface area (Å²) in [6, 6.07) is 13.5. The minimum Gasteiger partial charge on any atom is -0.366 e. The van der Waals surface area contributed by atoms with E-state index in [1.165, 1.54) is 6.07 Å². The van der Waals surface area contributed by atoms with Crippen molar-refractivity contribution in [2.45, 2.75) is 13.1 Å². The number of amides is 1. The van der Waals surface area contributed by atoms with E-state index in [0.717, 1.165) is 5.56 Å². The molecular weight excluding hydrogens is 270 g/mol. The number of rotatable bonds is 6. The fourth-order valence-corrected chi connectivity index (χ4v) is 1.97. The zero-order valence-corrected chi connectivity index (χ0v) is 11.3. The normalized spacial score (nSPS) is 10.3. The second kappa shape index (κ2) is 6.62. The first-order chi connectivity index (χ1) is 10.1. The van der Waals surface area contributed by atoms with Gasteiger partial charge in [0.05, 0.1) is 4.92 Å². The maximum atomic E-state index is 11.0. The lowest BCUT2D eigenvalue weighted by atomic mass is 10.1. The number of nitro benzene ring substituents is 1. The first-order valence-corrected chi connectivity index (χ1v) is 6.39. The van der Waals surface area contributed by atoms with Gasteiger partial charge in [0.25, 0.3) is 5.69 Å². The van der Waals surface area contributed by atoms with Crippen LogP contribution in [-0.4, -0.2) is 10.8 Å². The number of hydrogen-bond acceptors (Lipinski definition) is 4. The predicted octanol–water partition coefficient (Wildman–Crippen LogP) is 1.98. The van der Waals surface area contributed by atoms with Gasteiger partial charge in [-0.3, -0.25) is 14.9 Å². The maximum absolute atomic E-state index is 11.0. The number of nitro groups is 1. The molecule has 21 heavy (non-hydrogen) atoms. The van der Waals surface area contributed by atoms with E-state index in [0.29, 0.717) is 24.2 Å². The highest BCUT2D eigenvalue weighted by molar-refractivity contribution is 5.92. The Kier molecular flexibility index (Phi) is 4.63. The maximum Gasteiger partial charge on any atom is 0.273 e. The SMILES string of the molecule is NC(=O)c1ccc(CNCc2ccccc2[N+](=O)[O-])cc1. The van der Waals surface area contributed by atoms with E-state index in [2.05, 4.69) is 5.32 Å². The van der Waals surface area contributed by atoms with Crippen molar-refractivity contribution in [2.24, 2.45) is 5.73 Å². The summed E-state index contributed by atoms with van der Waals surface area (Å²) in [5.74, 6) is -0.464. The highest BCUT2D eigenvalue weighted by Gasteiger charge is 2.11. The van der Waals surface area contributed by atoms with Gasteiger partial charge in [0.15, 0.2) is 0 Å². The molecule has 2 aromatic rings. The first kappa shape index (κ1) is 14.7. The van der Waals surface area contributed by atoms with Crippen LogP contribution in [0.3, 0.4) is 0 Å². The van der Waals surface area contributed by atoms with E-state index in [-0.39, 0.29) is 5.69 Å². The predicted molar refractivity (Wildman–Crippen MR) is 78.6 cm³/mol. The van der Waals surface area contributed by atoms with Crippen LogP contribution >= 0.6 is 0 Å². The zero-order valence-electron chi connectivity index (χ0n) is 11.3. The Morgan fingerprint density at radius 2 is 1.76 bits per heavy atom. The number of hydrogen-bond donors (Lipinski definition) is 2. The molecule has 6 heteroatoms. The van der Waals surface area contributed by atoms with Crippen molar-refractivity contribution in [3.8, 4) is 0 Å². The summed E-state index contributed by atoms with van der Waals surface area (Å²) in [5.41, 5.74) is 7.33. The van der Waals surface area contributed by atoms with Crippen molar-refractivity contribution in [2.75, 3.05) is 0 Å². The van der Waals surface area contributed by atoms with Gasteiger partial charge in [-0.1, -0.05) is 30.3 Å². The summed E-state index contributed by atoms with van der Waals surface area (Å²) >= 11 is 0. The minimum absolute atomic E-state index is 0.106. The Morgan fingerprint density at radius 3 is 2.38 bits per heavy atom. The third-order valence-corrected chi connectivity index (χ3v) is 3.07. The molecule has 0 unspecified atom stereocenters. The summed E-state index contributed by atoms with van der Waals surface area (Å²) in [6.45, 7) is 0.944. The summed E-state index contributed by atoms with van der Waals surface area (Å²) in [7, 11) is 0. The van der Waals surface area contributed by atoms with E-state index >= 15 is 0 Å². The van der Waals surface area contributed by atoms with Crippen molar-refractivity contribution < 1.29 is 9.72 Å². The highest BCUT2D eigenvalue weighted by atomic mass is 16.6. The fraction of sp³-hybridized carbons (Fsp3) is 0.133. The number of carbonyl (C=O) groups excluding carboxylic acids is 1. The average Bonchev–Trinajstić information content (AvgIpc) is 2.48. The molecular formula is C15H15N3O3. The summed E-state index contributed by atoms with van der Waals surface area (Å²) in [6.07, 6.45) is 0. The van der Waals surface area contributed by atoms with Gasteiger partial charge in [-0.2, -0.15) is 0 Å². The number of benzene rings is 2. The Morgan fingerprint density at radius 1 is 1.10 bits per heavy atom. The third-order valence-electron chi connectivity index (χ3n) is 3.07. The van der Waals surface area contributed by atoms with Gasteiger partial charge in [-0.25, -0.2) is 0 Å². The van der Waals surface area contributed by atoms with E-state index in [1.807, 2.05) is 0 Å². The molecule has 3 N–H and O–H groups in total. The number of para-hydroxylation sites is 1. The van der Waals surface area contributed by atoms with Gasteiger partial charge in [-0.15, -0.1) is 0 Å². The first-order valence-electron chi connectivity index (χ1n) is 6.39. The van der Waals surface area contributed by atoms with Crippen molar-refractivity contribution in [3.05, 3.63) is 75.3 Å². The van der Waals surface area contributed by atoms with Crippen LogP contribution in [0.4, 0.5) is 5.69 Å². The molecule has 0 aliphatic rings. The van der Waals surface area contributed by atoms with Crippen LogP contribution in [0.2, 0.25) is 0 Å². The monoisotopic (exact) mass is 285 g/mol.